The molecule has 5 rings (SSSR count). The van der Waals surface area contributed by atoms with E-state index in [9.17, 15) is 18.0 Å². The van der Waals surface area contributed by atoms with Crippen LogP contribution in [0.4, 0.5) is 10.5 Å². The van der Waals surface area contributed by atoms with Crippen molar-refractivity contribution < 1.29 is 18.0 Å². The van der Waals surface area contributed by atoms with Gasteiger partial charge in [0.1, 0.15) is 4.90 Å². The maximum absolute atomic E-state index is 13.2. The highest BCUT2D eigenvalue weighted by Crippen LogP contribution is 2.39. The van der Waals surface area contributed by atoms with Gasteiger partial charge in [-0.15, -0.1) is 0 Å². The van der Waals surface area contributed by atoms with Crippen LogP contribution in [-0.2, 0) is 16.6 Å². The first-order valence-corrected chi connectivity index (χ1v) is 13.6. The maximum atomic E-state index is 13.2. The topological polar surface area (TPSA) is 86.8 Å². The van der Waals surface area contributed by atoms with Crippen LogP contribution in [0.3, 0.4) is 0 Å². The van der Waals surface area contributed by atoms with Gasteiger partial charge in [-0.1, -0.05) is 54.6 Å². The summed E-state index contributed by atoms with van der Waals surface area (Å²) in [7, 11) is -4.21. The molecule has 7 nitrogen and oxygen atoms in total. The molecule has 2 aromatic rings. The first kappa shape index (κ1) is 23.5. The second-order valence-corrected chi connectivity index (χ2v) is 11.9. The van der Waals surface area contributed by atoms with Crippen LogP contribution in [0.15, 0.2) is 41.3 Å². The Morgan fingerprint density at radius 1 is 1.06 bits per heavy atom. The molecule has 3 aliphatic rings. The number of sulfonamides is 1. The number of hydrogen-bond donors (Lipinski definition) is 1. The second kappa shape index (κ2) is 9.06. The van der Waals surface area contributed by atoms with E-state index in [1.165, 1.54) is 37.8 Å². The van der Waals surface area contributed by atoms with E-state index in [1.807, 2.05) is 4.90 Å². The number of benzene rings is 2. The number of amides is 3. The highest BCUT2D eigenvalue weighted by molar-refractivity contribution is 7.90. The summed E-state index contributed by atoms with van der Waals surface area (Å²) >= 11 is 12.1. The molecule has 2 fully saturated rings. The molecule has 10 heteroatoms. The Balaban J connectivity index is 1.37. The number of rotatable bonds is 3. The molecule has 1 N–H and O–H groups in total. The Kier molecular flexibility index (Phi) is 6.25. The number of carbonyl (C=O) groups is 2. The molecular formula is C24H25Cl2N3O4S. The van der Waals surface area contributed by atoms with Gasteiger partial charge in [-0.2, -0.15) is 0 Å². The molecule has 0 radical (unpaired) electrons. The first-order chi connectivity index (χ1) is 16.2. The average molecular weight is 522 g/mol. The number of fused-ring (bicyclic) bond motifs is 2. The number of urea groups is 1. The molecule has 2 atom stereocenters. The number of hydrogen-bond acceptors (Lipinski definition) is 4. The zero-order valence-electron chi connectivity index (χ0n) is 18.5. The van der Waals surface area contributed by atoms with Crippen molar-refractivity contribution in [1.29, 1.82) is 0 Å². The molecule has 3 amide bonds. The Hall–Kier alpha value is -2.29. The summed E-state index contributed by atoms with van der Waals surface area (Å²) in [6.45, 7) is 1.29. The van der Waals surface area contributed by atoms with Crippen LogP contribution in [-0.4, -0.2) is 42.7 Å². The third-order valence-electron chi connectivity index (χ3n) is 7.10. The monoisotopic (exact) mass is 521 g/mol. The summed E-state index contributed by atoms with van der Waals surface area (Å²) in [5, 5.41) is 2.70. The van der Waals surface area contributed by atoms with Gasteiger partial charge in [0.05, 0.1) is 17.3 Å². The fourth-order valence-corrected chi connectivity index (χ4v) is 7.69. The molecule has 1 saturated carbocycles. The SMILES string of the molecule is O=C(c1cccc(CN2C(=O)Nc3cc(Cl)cc(Cl)c3S2(=O)=O)c1)N1CCC2CCCCC2C1. The summed E-state index contributed by atoms with van der Waals surface area (Å²) in [5.41, 5.74) is 1.08. The molecule has 34 heavy (non-hydrogen) atoms. The van der Waals surface area contributed by atoms with Crippen LogP contribution >= 0.6 is 23.2 Å². The summed E-state index contributed by atoms with van der Waals surface area (Å²) in [6, 6.07) is 8.68. The van der Waals surface area contributed by atoms with Gasteiger partial charge in [-0.25, -0.2) is 17.5 Å². The molecule has 1 aliphatic carbocycles. The minimum absolute atomic E-state index is 0.0498. The molecule has 2 aromatic carbocycles. The van der Waals surface area contributed by atoms with Crippen molar-refractivity contribution in [3.63, 3.8) is 0 Å². The summed E-state index contributed by atoms with van der Waals surface area (Å²) in [6.07, 6.45) is 5.98. The van der Waals surface area contributed by atoms with Gasteiger partial charge in [0, 0.05) is 23.7 Å². The number of piperidine rings is 1. The first-order valence-electron chi connectivity index (χ1n) is 11.4. The number of nitrogens with one attached hydrogen (secondary N) is 1. The van der Waals surface area contributed by atoms with Crippen LogP contribution in [0.2, 0.25) is 10.0 Å². The van der Waals surface area contributed by atoms with E-state index >= 15 is 0 Å². The normalized spacial score (nSPS) is 23.6. The van der Waals surface area contributed by atoms with Gasteiger partial charge in [-0.3, -0.25) is 4.79 Å². The van der Waals surface area contributed by atoms with Crippen molar-refractivity contribution in [2.75, 3.05) is 18.4 Å². The van der Waals surface area contributed by atoms with E-state index in [-0.39, 0.29) is 33.1 Å². The second-order valence-electron chi connectivity index (χ2n) is 9.25. The van der Waals surface area contributed by atoms with Crippen molar-refractivity contribution in [3.8, 4) is 0 Å². The van der Waals surface area contributed by atoms with Crippen LogP contribution in [0.1, 0.15) is 48.0 Å². The lowest BCUT2D eigenvalue weighted by molar-refractivity contribution is 0.0521. The van der Waals surface area contributed by atoms with Crippen molar-refractivity contribution in [1.82, 2.24) is 9.21 Å². The molecule has 1 saturated heterocycles. The van der Waals surface area contributed by atoms with E-state index in [0.717, 1.165) is 29.7 Å². The third kappa shape index (κ3) is 4.27. The van der Waals surface area contributed by atoms with Crippen LogP contribution in [0.5, 0.6) is 0 Å². The molecule has 2 heterocycles. The van der Waals surface area contributed by atoms with E-state index in [2.05, 4.69) is 5.32 Å². The smallest absolute Gasteiger partial charge is 0.336 e. The lowest BCUT2D eigenvalue weighted by Crippen LogP contribution is -2.45. The van der Waals surface area contributed by atoms with Crippen molar-refractivity contribution in [2.24, 2.45) is 11.8 Å². The molecule has 2 unspecified atom stereocenters. The lowest BCUT2D eigenvalue weighted by atomic mass is 9.75. The van der Waals surface area contributed by atoms with Gasteiger partial charge in [0.15, 0.2) is 0 Å². The quantitative estimate of drug-likeness (QED) is 0.587. The van der Waals surface area contributed by atoms with Gasteiger partial charge in [0.2, 0.25) is 0 Å². The zero-order valence-corrected chi connectivity index (χ0v) is 20.8. The van der Waals surface area contributed by atoms with E-state index in [4.69, 9.17) is 23.2 Å². The van der Waals surface area contributed by atoms with E-state index in [0.29, 0.717) is 17.0 Å². The van der Waals surface area contributed by atoms with Crippen molar-refractivity contribution in [2.45, 2.75) is 43.5 Å². The predicted molar refractivity (Wildman–Crippen MR) is 131 cm³/mol. The Labute approximate surface area is 209 Å². The summed E-state index contributed by atoms with van der Waals surface area (Å²) in [5.74, 6) is 1.23. The standard InChI is InChI=1S/C24H25Cl2N3O4S/c25-19-11-20(26)22-21(12-19)27-24(31)29(34(22,32)33)13-15-4-3-7-17(10-15)23(30)28-9-8-16-5-1-2-6-18(16)14-28/h3-4,7,10-12,16,18H,1-2,5-6,8-9,13-14H2,(H,27,31). The summed E-state index contributed by atoms with van der Waals surface area (Å²) in [4.78, 5) is 27.6. The molecular weight excluding hydrogens is 497 g/mol. The van der Waals surface area contributed by atoms with Crippen molar-refractivity contribution >= 4 is 50.9 Å². The van der Waals surface area contributed by atoms with Gasteiger partial charge in [-0.05, 0) is 54.5 Å². The molecule has 2 aliphatic heterocycles. The van der Waals surface area contributed by atoms with Crippen molar-refractivity contribution in [3.05, 3.63) is 57.6 Å². The van der Waals surface area contributed by atoms with Crippen LogP contribution in [0.25, 0.3) is 0 Å². The molecule has 180 valence electrons. The Morgan fingerprint density at radius 2 is 1.82 bits per heavy atom. The Morgan fingerprint density at radius 3 is 2.62 bits per heavy atom. The molecule has 0 aromatic heterocycles. The molecule has 0 bridgehead atoms. The zero-order chi connectivity index (χ0) is 24.0. The minimum Gasteiger partial charge on any atom is -0.338 e. The number of anilines is 1. The Bertz CT molecular complexity index is 1270. The maximum Gasteiger partial charge on any atom is 0.336 e. The van der Waals surface area contributed by atoms with E-state index < -0.39 is 16.1 Å². The van der Waals surface area contributed by atoms with Gasteiger partial charge in [0.25, 0.3) is 15.9 Å². The number of likely N-dealkylation sites (tertiary alicyclic amines) is 1. The number of halogens is 2. The predicted octanol–water partition coefficient (Wildman–Crippen LogP) is 5.38. The molecule has 0 spiro atoms. The number of nitrogens with zero attached hydrogens (tertiary/aromatic N) is 2. The van der Waals surface area contributed by atoms with Gasteiger partial charge < -0.3 is 10.2 Å². The highest BCUT2D eigenvalue weighted by Gasteiger charge is 2.39. The summed E-state index contributed by atoms with van der Waals surface area (Å²) < 4.78 is 27.2. The number of carbonyl (C=O) groups excluding carboxylic acids is 2. The van der Waals surface area contributed by atoms with E-state index in [1.54, 1.807) is 24.3 Å². The average Bonchev–Trinajstić information content (AvgIpc) is 2.80. The van der Waals surface area contributed by atoms with Crippen LogP contribution in [0, 0.1) is 11.8 Å². The fourth-order valence-electron chi connectivity index (χ4n) is 5.41. The largest absolute Gasteiger partial charge is 0.338 e. The minimum atomic E-state index is -4.21. The van der Waals surface area contributed by atoms with Gasteiger partial charge >= 0.3 is 6.03 Å². The van der Waals surface area contributed by atoms with Crippen LogP contribution < -0.4 is 5.32 Å². The lowest BCUT2D eigenvalue weighted by Gasteiger charge is -2.41. The highest BCUT2D eigenvalue weighted by atomic mass is 35.5. The fraction of sp³-hybridized carbons (Fsp3) is 0.417. The third-order valence-corrected chi connectivity index (χ3v) is 9.56.